The first-order valence-electron chi connectivity index (χ1n) is 5.77. The second-order valence-corrected chi connectivity index (χ2v) is 5.92. The van der Waals surface area contributed by atoms with E-state index in [2.05, 4.69) is 16.9 Å². The summed E-state index contributed by atoms with van der Waals surface area (Å²) in [6, 6.07) is -0.308. The normalized spacial score (nSPS) is 28.4. The summed E-state index contributed by atoms with van der Waals surface area (Å²) in [5.41, 5.74) is 0. The quantitative estimate of drug-likeness (QED) is 0.711. The highest BCUT2D eigenvalue weighted by molar-refractivity contribution is 8.00. The van der Waals surface area contributed by atoms with Gasteiger partial charge in [-0.25, -0.2) is 0 Å². The van der Waals surface area contributed by atoms with Crippen LogP contribution in [0.3, 0.4) is 0 Å². The van der Waals surface area contributed by atoms with Crippen LogP contribution in [0.4, 0.5) is 0 Å². The summed E-state index contributed by atoms with van der Waals surface area (Å²) < 4.78 is 0.284. The molecule has 1 saturated carbocycles. The van der Waals surface area contributed by atoms with E-state index in [1.807, 2.05) is 11.8 Å². The van der Waals surface area contributed by atoms with E-state index >= 15 is 0 Å². The first kappa shape index (κ1) is 11.9. The first-order chi connectivity index (χ1) is 7.65. The molecule has 1 unspecified atom stereocenters. The Hall–Kier alpha value is -0.550. The van der Waals surface area contributed by atoms with Crippen LogP contribution in [0, 0.1) is 0 Å². The van der Waals surface area contributed by atoms with Gasteiger partial charge in [0.2, 0.25) is 11.8 Å². The molecule has 1 aliphatic heterocycles. The smallest absolute Gasteiger partial charge is 0.244 e. The molecule has 4 nitrogen and oxygen atoms in total. The van der Waals surface area contributed by atoms with E-state index in [4.69, 9.17) is 0 Å². The number of hydrogen-bond donors (Lipinski definition) is 2. The van der Waals surface area contributed by atoms with Crippen molar-refractivity contribution in [3.8, 4) is 0 Å². The number of thioether (sulfide) groups is 1. The molecule has 1 atom stereocenters. The summed E-state index contributed by atoms with van der Waals surface area (Å²) in [5.74, 6) is -0.327. The average Bonchev–Trinajstić information content (AvgIpc) is 2.84. The molecule has 1 heterocycles. The first-order valence-corrected chi connectivity index (χ1v) is 7.00. The van der Waals surface area contributed by atoms with Crippen LogP contribution in [-0.4, -0.2) is 35.4 Å². The molecule has 0 aromatic carbocycles. The summed E-state index contributed by atoms with van der Waals surface area (Å²) in [5, 5.41) is 5.57. The molecule has 2 fully saturated rings. The molecule has 0 bridgehead atoms. The molecule has 0 aromatic heterocycles. The third-order valence-corrected chi connectivity index (χ3v) is 5.01. The zero-order chi connectivity index (χ0) is 11.6. The standard InChI is InChI=1S/C11H18N2O2S/c1-16-11(4-2-3-5-11)7-12-8-6-9(14)13-10(8)15/h8,12H,2-7H2,1H3,(H,13,14,15). The largest absolute Gasteiger partial charge is 0.304 e. The Morgan fingerprint density at radius 1 is 1.44 bits per heavy atom. The monoisotopic (exact) mass is 242 g/mol. The highest BCUT2D eigenvalue weighted by Crippen LogP contribution is 2.39. The van der Waals surface area contributed by atoms with Gasteiger partial charge in [-0.3, -0.25) is 14.9 Å². The molecule has 90 valence electrons. The number of rotatable bonds is 4. The maximum atomic E-state index is 11.4. The number of hydrogen-bond acceptors (Lipinski definition) is 4. The number of carbonyl (C=O) groups excluding carboxylic acids is 2. The van der Waals surface area contributed by atoms with Gasteiger partial charge >= 0.3 is 0 Å². The van der Waals surface area contributed by atoms with E-state index in [0.29, 0.717) is 6.42 Å². The van der Waals surface area contributed by atoms with Gasteiger partial charge in [-0.15, -0.1) is 0 Å². The van der Waals surface area contributed by atoms with E-state index in [-0.39, 0.29) is 22.6 Å². The maximum Gasteiger partial charge on any atom is 0.244 e. The van der Waals surface area contributed by atoms with Gasteiger partial charge in [0.05, 0.1) is 12.5 Å². The topological polar surface area (TPSA) is 58.2 Å². The molecule has 2 aliphatic rings. The Labute approximate surface area is 99.9 Å². The van der Waals surface area contributed by atoms with Gasteiger partial charge in [-0.2, -0.15) is 11.8 Å². The predicted octanol–water partition coefficient (Wildman–Crippen LogP) is 0.667. The van der Waals surface area contributed by atoms with Crippen LogP contribution in [0.5, 0.6) is 0 Å². The van der Waals surface area contributed by atoms with Crippen LogP contribution in [0.1, 0.15) is 32.1 Å². The fourth-order valence-electron chi connectivity index (χ4n) is 2.50. The highest BCUT2D eigenvalue weighted by atomic mass is 32.2. The van der Waals surface area contributed by atoms with E-state index in [0.717, 1.165) is 6.54 Å². The van der Waals surface area contributed by atoms with Crippen LogP contribution in [0.15, 0.2) is 0 Å². The van der Waals surface area contributed by atoms with Crippen molar-refractivity contribution in [1.29, 1.82) is 0 Å². The lowest BCUT2D eigenvalue weighted by Crippen LogP contribution is -2.44. The van der Waals surface area contributed by atoms with Crippen molar-refractivity contribution >= 4 is 23.6 Å². The molecule has 2 rings (SSSR count). The van der Waals surface area contributed by atoms with Gasteiger partial charge in [-0.05, 0) is 19.1 Å². The Morgan fingerprint density at radius 3 is 2.62 bits per heavy atom. The third kappa shape index (κ3) is 2.40. The lowest BCUT2D eigenvalue weighted by atomic mass is 10.1. The molecule has 1 saturated heterocycles. The third-order valence-electron chi connectivity index (χ3n) is 3.59. The van der Waals surface area contributed by atoms with Crippen LogP contribution in [-0.2, 0) is 9.59 Å². The Kier molecular flexibility index (Phi) is 3.54. The van der Waals surface area contributed by atoms with Crippen LogP contribution >= 0.6 is 11.8 Å². The molecular weight excluding hydrogens is 224 g/mol. The molecular formula is C11H18N2O2S. The van der Waals surface area contributed by atoms with Gasteiger partial charge in [0.15, 0.2) is 0 Å². The van der Waals surface area contributed by atoms with Gasteiger partial charge in [0.1, 0.15) is 0 Å². The fraction of sp³-hybridized carbons (Fsp3) is 0.818. The van der Waals surface area contributed by atoms with Crippen LogP contribution in [0.25, 0.3) is 0 Å². The van der Waals surface area contributed by atoms with Gasteiger partial charge in [0.25, 0.3) is 0 Å². The SMILES string of the molecule is CSC1(CNC2CC(=O)NC2=O)CCCC1. The molecule has 0 radical (unpaired) electrons. The molecule has 5 heteroatoms. The Morgan fingerprint density at radius 2 is 2.12 bits per heavy atom. The minimum atomic E-state index is -0.308. The van der Waals surface area contributed by atoms with Crippen molar-refractivity contribution in [2.24, 2.45) is 0 Å². The minimum absolute atomic E-state index is 0.160. The van der Waals surface area contributed by atoms with Gasteiger partial charge < -0.3 is 5.32 Å². The summed E-state index contributed by atoms with van der Waals surface area (Å²) in [7, 11) is 0. The second-order valence-electron chi connectivity index (χ2n) is 4.64. The van der Waals surface area contributed by atoms with Gasteiger partial charge in [-0.1, -0.05) is 12.8 Å². The lowest BCUT2D eigenvalue weighted by Gasteiger charge is -2.28. The number of carbonyl (C=O) groups is 2. The van der Waals surface area contributed by atoms with Crippen molar-refractivity contribution < 1.29 is 9.59 Å². The predicted molar refractivity (Wildman–Crippen MR) is 64.3 cm³/mol. The van der Waals surface area contributed by atoms with Crippen molar-refractivity contribution in [2.45, 2.75) is 42.9 Å². The van der Waals surface area contributed by atoms with Crippen molar-refractivity contribution in [2.75, 3.05) is 12.8 Å². The van der Waals surface area contributed by atoms with E-state index < -0.39 is 0 Å². The molecule has 0 spiro atoms. The van der Waals surface area contributed by atoms with Crippen molar-refractivity contribution in [3.05, 3.63) is 0 Å². The zero-order valence-electron chi connectivity index (χ0n) is 9.54. The van der Waals surface area contributed by atoms with Crippen molar-refractivity contribution in [1.82, 2.24) is 10.6 Å². The Balaban J connectivity index is 1.86. The van der Waals surface area contributed by atoms with Crippen molar-refractivity contribution in [3.63, 3.8) is 0 Å². The molecule has 2 N–H and O–H groups in total. The fourth-order valence-corrected chi connectivity index (χ4v) is 3.42. The Bertz CT molecular complexity index is 300. The summed E-state index contributed by atoms with van der Waals surface area (Å²) in [4.78, 5) is 22.4. The van der Waals surface area contributed by atoms with Gasteiger partial charge in [0, 0.05) is 11.3 Å². The highest BCUT2D eigenvalue weighted by Gasteiger charge is 2.36. The average molecular weight is 242 g/mol. The lowest BCUT2D eigenvalue weighted by molar-refractivity contribution is -0.125. The summed E-state index contributed by atoms with van der Waals surface area (Å²) in [6.07, 6.45) is 7.40. The number of amides is 2. The molecule has 2 amide bonds. The van der Waals surface area contributed by atoms with E-state index in [1.165, 1.54) is 25.7 Å². The molecule has 16 heavy (non-hydrogen) atoms. The van der Waals surface area contributed by atoms with E-state index in [9.17, 15) is 9.59 Å². The number of imide groups is 1. The molecule has 1 aliphatic carbocycles. The summed E-state index contributed by atoms with van der Waals surface area (Å²) in [6.45, 7) is 0.833. The van der Waals surface area contributed by atoms with Crippen LogP contribution in [0.2, 0.25) is 0 Å². The number of nitrogens with one attached hydrogen (secondary N) is 2. The van der Waals surface area contributed by atoms with Crippen LogP contribution < -0.4 is 10.6 Å². The second kappa shape index (κ2) is 4.75. The van der Waals surface area contributed by atoms with E-state index in [1.54, 1.807) is 0 Å². The minimum Gasteiger partial charge on any atom is -0.304 e. The molecule has 0 aromatic rings. The zero-order valence-corrected chi connectivity index (χ0v) is 10.4. The maximum absolute atomic E-state index is 11.4. The summed E-state index contributed by atoms with van der Waals surface area (Å²) >= 11 is 1.89.